The Morgan fingerprint density at radius 1 is 1.04 bits per heavy atom. The second kappa shape index (κ2) is 6.80. The van der Waals surface area contributed by atoms with Crippen molar-refractivity contribution in [2.75, 3.05) is 6.79 Å². The highest BCUT2D eigenvalue weighted by molar-refractivity contribution is 5.91. The lowest BCUT2D eigenvalue weighted by Crippen LogP contribution is -2.03. The fourth-order valence-electron chi connectivity index (χ4n) is 2.78. The normalized spacial score (nSPS) is 12.4. The van der Waals surface area contributed by atoms with Gasteiger partial charge in [-0.25, -0.2) is 4.79 Å². The highest BCUT2D eigenvalue weighted by Crippen LogP contribution is 2.38. The molecule has 0 N–H and O–H groups in total. The van der Waals surface area contributed by atoms with Crippen molar-refractivity contribution in [3.05, 3.63) is 76.4 Å². The van der Waals surface area contributed by atoms with Gasteiger partial charge in [0.2, 0.25) is 6.79 Å². The summed E-state index contributed by atoms with van der Waals surface area (Å²) in [5.74, 6) is 0.446. The molecule has 0 radical (unpaired) electrons. The number of esters is 1. The summed E-state index contributed by atoms with van der Waals surface area (Å²) in [4.78, 5) is 22.8. The molecular formula is C20H13NO6. The van der Waals surface area contributed by atoms with Gasteiger partial charge in [-0.2, -0.15) is 0 Å². The monoisotopic (exact) mass is 363 g/mol. The summed E-state index contributed by atoms with van der Waals surface area (Å²) in [6, 6.07) is 15.7. The molecular weight excluding hydrogens is 350 g/mol. The molecule has 0 saturated heterocycles. The van der Waals surface area contributed by atoms with Gasteiger partial charge in [-0.1, -0.05) is 30.3 Å². The lowest BCUT2D eigenvalue weighted by molar-refractivity contribution is -0.385. The van der Waals surface area contributed by atoms with Gasteiger partial charge in [0.05, 0.1) is 16.6 Å². The molecule has 0 unspecified atom stereocenters. The molecule has 3 aromatic rings. The number of nitro benzene ring substituents is 1. The van der Waals surface area contributed by atoms with Crippen molar-refractivity contribution in [2.24, 2.45) is 0 Å². The molecule has 7 heteroatoms. The van der Waals surface area contributed by atoms with Crippen LogP contribution in [0.5, 0.6) is 17.2 Å². The molecule has 0 bridgehead atoms. The maximum atomic E-state index is 12.1. The maximum Gasteiger partial charge on any atom is 0.336 e. The molecule has 0 aromatic heterocycles. The minimum Gasteiger partial charge on any atom is -0.454 e. The van der Waals surface area contributed by atoms with E-state index >= 15 is 0 Å². The van der Waals surface area contributed by atoms with Crippen LogP contribution in [0.4, 0.5) is 5.69 Å². The van der Waals surface area contributed by atoms with Crippen LogP contribution in [0.25, 0.3) is 16.8 Å². The Labute approximate surface area is 153 Å². The Hall–Kier alpha value is -3.87. The van der Waals surface area contributed by atoms with Crippen molar-refractivity contribution in [1.29, 1.82) is 0 Å². The minimum absolute atomic E-state index is 0.00363. The van der Waals surface area contributed by atoms with Gasteiger partial charge >= 0.3 is 5.97 Å². The number of fused-ring (bicyclic) bond motifs is 2. The third-order valence-electron chi connectivity index (χ3n) is 4.06. The number of nitrogens with zero attached hydrogens (tertiary/aromatic N) is 1. The van der Waals surface area contributed by atoms with Crippen molar-refractivity contribution >= 4 is 28.5 Å². The van der Waals surface area contributed by atoms with Crippen LogP contribution >= 0.6 is 0 Å². The second-order valence-electron chi connectivity index (χ2n) is 5.78. The molecule has 134 valence electrons. The van der Waals surface area contributed by atoms with Gasteiger partial charge in [0.25, 0.3) is 5.69 Å². The second-order valence-corrected chi connectivity index (χ2v) is 5.78. The first-order valence-electron chi connectivity index (χ1n) is 8.07. The smallest absolute Gasteiger partial charge is 0.336 e. The summed E-state index contributed by atoms with van der Waals surface area (Å²) in [6.45, 7) is 0.00363. The first-order chi connectivity index (χ1) is 13.1. The molecule has 4 rings (SSSR count). The molecule has 3 aromatic carbocycles. The highest BCUT2D eigenvalue weighted by Gasteiger charge is 2.22. The average Bonchev–Trinajstić information content (AvgIpc) is 3.13. The van der Waals surface area contributed by atoms with Crippen LogP contribution in [0.15, 0.2) is 60.7 Å². The number of hydrogen-bond acceptors (Lipinski definition) is 6. The average molecular weight is 363 g/mol. The van der Waals surface area contributed by atoms with Gasteiger partial charge in [0, 0.05) is 6.08 Å². The van der Waals surface area contributed by atoms with E-state index in [-0.39, 0.29) is 18.0 Å². The van der Waals surface area contributed by atoms with Crippen molar-refractivity contribution < 1.29 is 23.9 Å². The minimum atomic E-state index is -0.641. The number of carbonyl (C=O) groups excluding carboxylic acids is 1. The predicted molar refractivity (Wildman–Crippen MR) is 97.8 cm³/mol. The Morgan fingerprint density at radius 3 is 2.56 bits per heavy atom. The van der Waals surface area contributed by atoms with Gasteiger partial charge in [-0.15, -0.1) is 0 Å². The molecule has 0 aliphatic carbocycles. The molecule has 0 saturated carbocycles. The Balaban J connectivity index is 1.55. The number of ether oxygens (including phenoxy) is 3. The van der Waals surface area contributed by atoms with E-state index in [4.69, 9.17) is 14.2 Å². The largest absolute Gasteiger partial charge is 0.454 e. The number of hydrogen-bond donors (Lipinski definition) is 0. The summed E-state index contributed by atoms with van der Waals surface area (Å²) in [7, 11) is 0. The van der Waals surface area contributed by atoms with E-state index in [0.29, 0.717) is 17.2 Å². The van der Waals surface area contributed by atoms with Crippen LogP contribution in [0.2, 0.25) is 0 Å². The first kappa shape index (κ1) is 16.6. The fraction of sp³-hybridized carbons (Fsp3) is 0.0500. The summed E-state index contributed by atoms with van der Waals surface area (Å²) >= 11 is 0. The molecule has 0 fully saturated rings. The number of carbonyl (C=O) groups is 1. The topological polar surface area (TPSA) is 87.9 Å². The van der Waals surface area contributed by atoms with E-state index in [1.54, 1.807) is 12.1 Å². The van der Waals surface area contributed by atoms with Crippen molar-refractivity contribution in [3.63, 3.8) is 0 Å². The lowest BCUT2D eigenvalue weighted by Gasteiger charge is -2.04. The van der Waals surface area contributed by atoms with E-state index in [0.717, 1.165) is 16.8 Å². The fourth-order valence-corrected chi connectivity index (χ4v) is 2.78. The van der Waals surface area contributed by atoms with Crippen LogP contribution in [-0.2, 0) is 4.79 Å². The van der Waals surface area contributed by atoms with Crippen LogP contribution in [0.3, 0.4) is 0 Å². The van der Waals surface area contributed by atoms with Crippen LogP contribution in [0, 0.1) is 10.1 Å². The zero-order valence-corrected chi connectivity index (χ0v) is 14.0. The SMILES string of the molecule is O=C(/C=C/c1cc2c(cc1[N+](=O)[O-])OCO2)Oc1ccc2ccccc2c1. The van der Waals surface area contributed by atoms with Crippen molar-refractivity contribution in [3.8, 4) is 17.2 Å². The zero-order valence-electron chi connectivity index (χ0n) is 14.0. The number of nitro groups is 1. The molecule has 7 nitrogen and oxygen atoms in total. The van der Waals surface area contributed by atoms with Crippen molar-refractivity contribution in [1.82, 2.24) is 0 Å². The van der Waals surface area contributed by atoms with Gasteiger partial charge in [0.1, 0.15) is 5.75 Å². The van der Waals surface area contributed by atoms with E-state index in [1.807, 2.05) is 30.3 Å². The first-order valence-corrected chi connectivity index (χ1v) is 8.07. The van der Waals surface area contributed by atoms with Crippen LogP contribution in [0.1, 0.15) is 5.56 Å². The number of benzene rings is 3. The molecule has 0 amide bonds. The van der Waals surface area contributed by atoms with E-state index in [9.17, 15) is 14.9 Å². The van der Waals surface area contributed by atoms with Gasteiger partial charge in [-0.05, 0) is 35.0 Å². The molecule has 0 atom stereocenters. The van der Waals surface area contributed by atoms with E-state index in [2.05, 4.69) is 0 Å². The van der Waals surface area contributed by atoms with E-state index in [1.165, 1.54) is 18.2 Å². The highest BCUT2D eigenvalue weighted by atomic mass is 16.7. The third-order valence-corrected chi connectivity index (χ3v) is 4.06. The molecule has 1 aliphatic rings. The summed E-state index contributed by atoms with van der Waals surface area (Å²) in [5.41, 5.74) is 0.0358. The zero-order chi connectivity index (χ0) is 18.8. The van der Waals surface area contributed by atoms with Crippen LogP contribution in [-0.4, -0.2) is 17.7 Å². The Morgan fingerprint density at radius 2 is 1.78 bits per heavy atom. The molecule has 0 spiro atoms. The third kappa shape index (κ3) is 3.43. The summed E-state index contributed by atoms with van der Waals surface area (Å²) in [6.07, 6.45) is 2.46. The van der Waals surface area contributed by atoms with E-state index < -0.39 is 10.9 Å². The quantitative estimate of drug-likeness (QED) is 0.228. The van der Waals surface area contributed by atoms with Gasteiger partial charge < -0.3 is 14.2 Å². The maximum absolute atomic E-state index is 12.1. The predicted octanol–water partition coefficient (Wildman–Crippen LogP) is 4.10. The van der Waals surface area contributed by atoms with Crippen molar-refractivity contribution in [2.45, 2.75) is 0 Å². The standard InChI is InChI=1S/C20H13NO6/c22-20(27-16-7-5-13-3-1-2-4-14(13)9-16)8-6-15-10-18-19(26-12-25-18)11-17(15)21(23)24/h1-11H,12H2/b8-6+. The Kier molecular flexibility index (Phi) is 4.18. The summed E-state index contributed by atoms with van der Waals surface area (Å²) < 4.78 is 15.6. The Bertz CT molecular complexity index is 1090. The lowest BCUT2D eigenvalue weighted by atomic mass is 10.1. The van der Waals surface area contributed by atoms with Gasteiger partial charge in [0.15, 0.2) is 11.5 Å². The molecule has 1 aliphatic heterocycles. The molecule has 1 heterocycles. The summed E-state index contributed by atoms with van der Waals surface area (Å²) in [5, 5.41) is 13.2. The van der Waals surface area contributed by atoms with Crippen LogP contribution < -0.4 is 14.2 Å². The van der Waals surface area contributed by atoms with Gasteiger partial charge in [-0.3, -0.25) is 10.1 Å². The number of rotatable bonds is 4. The molecule has 27 heavy (non-hydrogen) atoms.